The number of nitrogens with zero attached hydrogens (tertiary/aromatic N) is 4. The van der Waals surface area contributed by atoms with Crippen LogP contribution in [0.4, 0.5) is 0 Å². The first-order chi connectivity index (χ1) is 13.2. The second-order valence-electron chi connectivity index (χ2n) is 7.00. The van der Waals surface area contributed by atoms with E-state index in [1.165, 1.54) is 6.42 Å². The van der Waals surface area contributed by atoms with Crippen molar-refractivity contribution in [2.45, 2.75) is 19.3 Å². The van der Waals surface area contributed by atoms with Gasteiger partial charge in [-0.2, -0.15) is 5.26 Å². The fraction of sp³-hybridized carbons (Fsp3) is 0.550. The normalized spacial score (nSPS) is 18.0. The summed E-state index contributed by atoms with van der Waals surface area (Å²) >= 11 is 0. The van der Waals surface area contributed by atoms with Crippen LogP contribution in [0.15, 0.2) is 24.3 Å². The van der Waals surface area contributed by atoms with Gasteiger partial charge in [0, 0.05) is 39.3 Å². The van der Waals surface area contributed by atoms with Crippen molar-refractivity contribution in [3.8, 4) is 11.8 Å². The van der Waals surface area contributed by atoms with Gasteiger partial charge < -0.3 is 14.5 Å². The summed E-state index contributed by atoms with van der Waals surface area (Å²) in [6.07, 6.45) is 3.41. The smallest absolute Gasteiger partial charge is 0.260 e. The summed E-state index contributed by atoms with van der Waals surface area (Å²) in [6, 6.07) is 8.95. The Morgan fingerprint density at radius 2 is 1.59 bits per heavy atom. The lowest BCUT2D eigenvalue weighted by molar-refractivity contribution is -0.136. The maximum absolute atomic E-state index is 12.4. The molecule has 0 N–H and O–H groups in total. The highest BCUT2D eigenvalue weighted by atomic mass is 16.5. The summed E-state index contributed by atoms with van der Waals surface area (Å²) < 4.78 is 5.53. The number of piperidine rings is 1. The van der Waals surface area contributed by atoms with E-state index in [9.17, 15) is 9.59 Å². The topological polar surface area (TPSA) is 76.9 Å². The first-order valence-electron chi connectivity index (χ1n) is 9.57. The summed E-state index contributed by atoms with van der Waals surface area (Å²) in [5.74, 6) is 0.537. The second kappa shape index (κ2) is 9.38. The first kappa shape index (κ1) is 19.2. The lowest BCUT2D eigenvalue weighted by Crippen LogP contribution is -2.52. The summed E-state index contributed by atoms with van der Waals surface area (Å²) in [5, 5.41) is 9.07. The number of likely N-dealkylation sites (tertiary alicyclic amines) is 1. The molecule has 0 aliphatic carbocycles. The lowest BCUT2D eigenvalue weighted by atomic mass is 10.1. The van der Waals surface area contributed by atoms with Crippen molar-refractivity contribution in [1.29, 1.82) is 5.26 Å². The van der Waals surface area contributed by atoms with Crippen LogP contribution in [-0.2, 0) is 9.59 Å². The van der Waals surface area contributed by atoms with Gasteiger partial charge in [0.15, 0.2) is 6.61 Å². The van der Waals surface area contributed by atoms with E-state index in [2.05, 4.69) is 11.0 Å². The van der Waals surface area contributed by atoms with E-state index >= 15 is 0 Å². The maximum Gasteiger partial charge on any atom is 0.260 e. The zero-order valence-electron chi connectivity index (χ0n) is 15.6. The average molecular weight is 370 g/mol. The molecule has 0 aromatic heterocycles. The molecule has 1 aromatic rings. The number of carbonyl (C=O) groups is 2. The van der Waals surface area contributed by atoms with Crippen molar-refractivity contribution in [3.63, 3.8) is 0 Å². The third kappa shape index (κ3) is 5.20. The van der Waals surface area contributed by atoms with Crippen LogP contribution >= 0.6 is 0 Å². The van der Waals surface area contributed by atoms with Gasteiger partial charge in [-0.25, -0.2) is 0 Å². The minimum Gasteiger partial charge on any atom is -0.482 e. The largest absolute Gasteiger partial charge is 0.482 e. The van der Waals surface area contributed by atoms with Gasteiger partial charge in [0.1, 0.15) is 11.8 Å². The average Bonchev–Trinajstić information content (AvgIpc) is 2.73. The molecule has 2 saturated heterocycles. The fourth-order valence-corrected chi connectivity index (χ4v) is 3.51. The summed E-state index contributed by atoms with van der Waals surface area (Å²) in [5.41, 5.74) is 0.423. The Balaban J connectivity index is 1.41. The van der Waals surface area contributed by atoms with Gasteiger partial charge >= 0.3 is 0 Å². The summed E-state index contributed by atoms with van der Waals surface area (Å²) in [6.45, 7) is 4.68. The van der Waals surface area contributed by atoms with Crippen LogP contribution in [0.5, 0.6) is 5.75 Å². The summed E-state index contributed by atoms with van der Waals surface area (Å²) in [4.78, 5) is 30.6. The molecule has 0 spiro atoms. The Labute approximate surface area is 160 Å². The van der Waals surface area contributed by atoms with Crippen LogP contribution in [-0.4, -0.2) is 78.9 Å². The van der Waals surface area contributed by atoms with Crippen molar-refractivity contribution < 1.29 is 14.3 Å². The predicted molar refractivity (Wildman–Crippen MR) is 100 cm³/mol. The Bertz CT molecular complexity index is 701. The molecule has 0 bridgehead atoms. The number of ether oxygens (including phenoxy) is 1. The minimum atomic E-state index is -0.0928. The fourth-order valence-electron chi connectivity index (χ4n) is 3.51. The van der Waals surface area contributed by atoms with E-state index in [0.717, 1.165) is 25.9 Å². The van der Waals surface area contributed by atoms with Crippen molar-refractivity contribution in [3.05, 3.63) is 29.8 Å². The van der Waals surface area contributed by atoms with Crippen molar-refractivity contribution in [2.75, 3.05) is 52.4 Å². The molecule has 2 aliphatic rings. The van der Waals surface area contributed by atoms with Gasteiger partial charge in [-0.05, 0) is 31.4 Å². The van der Waals surface area contributed by atoms with E-state index in [0.29, 0.717) is 44.0 Å². The van der Waals surface area contributed by atoms with Gasteiger partial charge in [-0.1, -0.05) is 12.1 Å². The van der Waals surface area contributed by atoms with E-state index < -0.39 is 0 Å². The van der Waals surface area contributed by atoms with E-state index in [1.54, 1.807) is 29.2 Å². The Morgan fingerprint density at radius 3 is 2.30 bits per heavy atom. The van der Waals surface area contributed by atoms with E-state index in [1.807, 2.05) is 4.90 Å². The molecule has 2 heterocycles. The summed E-state index contributed by atoms with van der Waals surface area (Å²) in [7, 11) is 0. The molecule has 7 nitrogen and oxygen atoms in total. The molecule has 0 saturated carbocycles. The lowest BCUT2D eigenvalue weighted by Gasteiger charge is -2.36. The molecular formula is C20H26N4O3. The Morgan fingerprint density at radius 1 is 0.926 bits per heavy atom. The van der Waals surface area contributed by atoms with Gasteiger partial charge in [-0.15, -0.1) is 0 Å². The second-order valence-corrected chi connectivity index (χ2v) is 7.00. The van der Waals surface area contributed by atoms with Crippen LogP contribution in [0.1, 0.15) is 24.8 Å². The molecule has 3 rings (SSSR count). The molecule has 0 unspecified atom stereocenters. The Hall–Kier alpha value is -2.59. The molecule has 1 aromatic carbocycles. The highest BCUT2D eigenvalue weighted by Gasteiger charge is 2.25. The van der Waals surface area contributed by atoms with Crippen molar-refractivity contribution >= 4 is 11.8 Å². The number of benzene rings is 1. The third-order valence-electron chi connectivity index (χ3n) is 5.15. The number of nitriles is 1. The van der Waals surface area contributed by atoms with Gasteiger partial charge in [-0.3, -0.25) is 14.5 Å². The predicted octanol–water partition coefficient (Wildman–Crippen LogP) is 1.09. The van der Waals surface area contributed by atoms with Gasteiger partial charge in [0.2, 0.25) is 5.91 Å². The zero-order valence-corrected chi connectivity index (χ0v) is 15.6. The van der Waals surface area contributed by atoms with Crippen molar-refractivity contribution in [2.24, 2.45) is 0 Å². The molecule has 0 radical (unpaired) electrons. The number of rotatable bonds is 5. The minimum absolute atomic E-state index is 0.0780. The molecule has 2 fully saturated rings. The van der Waals surface area contributed by atoms with Gasteiger partial charge in [0.05, 0.1) is 12.1 Å². The number of amides is 2. The van der Waals surface area contributed by atoms with E-state index in [-0.39, 0.29) is 18.4 Å². The number of carbonyl (C=O) groups excluding carboxylic acids is 2. The number of piperazine rings is 1. The molecule has 2 aliphatic heterocycles. The number of hydrogen-bond acceptors (Lipinski definition) is 5. The van der Waals surface area contributed by atoms with E-state index in [4.69, 9.17) is 10.00 Å². The molecule has 7 heteroatoms. The third-order valence-corrected chi connectivity index (χ3v) is 5.15. The molecule has 0 atom stereocenters. The molecular weight excluding hydrogens is 344 g/mol. The standard InChI is InChI=1S/C20H26N4O3/c21-14-17-6-2-3-7-18(17)27-16-20(26)24-12-10-22(11-13-24)15-19(25)23-8-4-1-5-9-23/h2-3,6-7H,1,4-5,8-13,15-16H2. The van der Waals surface area contributed by atoms with Crippen LogP contribution in [0.25, 0.3) is 0 Å². The highest BCUT2D eigenvalue weighted by Crippen LogP contribution is 2.16. The van der Waals surface area contributed by atoms with Gasteiger partial charge in [0.25, 0.3) is 5.91 Å². The van der Waals surface area contributed by atoms with Crippen molar-refractivity contribution in [1.82, 2.24) is 14.7 Å². The SMILES string of the molecule is N#Cc1ccccc1OCC(=O)N1CCN(CC(=O)N2CCCCC2)CC1. The molecule has 144 valence electrons. The highest BCUT2D eigenvalue weighted by molar-refractivity contribution is 5.79. The maximum atomic E-state index is 12.4. The Kier molecular flexibility index (Phi) is 6.66. The monoisotopic (exact) mass is 370 g/mol. The quantitative estimate of drug-likeness (QED) is 0.776. The first-order valence-corrected chi connectivity index (χ1v) is 9.57. The van der Waals surface area contributed by atoms with Crippen LogP contribution < -0.4 is 4.74 Å². The number of hydrogen-bond donors (Lipinski definition) is 0. The number of para-hydroxylation sites is 1. The van der Waals surface area contributed by atoms with Crippen LogP contribution in [0.3, 0.4) is 0 Å². The van der Waals surface area contributed by atoms with Crippen LogP contribution in [0, 0.1) is 11.3 Å². The van der Waals surface area contributed by atoms with Crippen LogP contribution in [0.2, 0.25) is 0 Å². The molecule has 2 amide bonds. The zero-order chi connectivity index (χ0) is 19.1. The molecule has 27 heavy (non-hydrogen) atoms.